The first-order valence-corrected chi connectivity index (χ1v) is 6.59. The van der Waals surface area contributed by atoms with Gasteiger partial charge in [-0.3, -0.25) is 4.79 Å². The van der Waals surface area contributed by atoms with E-state index < -0.39 is 0 Å². The summed E-state index contributed by atoms with van der Waals surface area (Å²) in [7, 11) is 0. The zero-order valence-corrected chi connectivity index (χ0v) is 10.8. The zero-order valence-electron chi connectivity index (χ0n) is 10.8. The molecule has 100 valence electrons. The molecule has 0 spiro atoms. The quantitative estimate of drug-likeness (QED) is 0.834. The number of amides is 1. The van der Waals surface area contributed by atoms with Crippen molar-refractivity contribution in [3.8, 4) is 5.88 Å². The van der Waals surface area contributed by atoms with E-state index in [1.54, 1.807) is 13.0 Å². The molecular weight excluding hydrogens is 232 g/mol. The number of aryl methyl sites for hydroxylation is 1. The fourth-order valence-electron chi connectivity index (χ4n) is 2.24. The van der Waals surface area contributed by atoms with Crippen LogP contribution in [0.1, 0.15) is 44.3 Å². The number of nitrogens with zero attached hydrogens (tertiary/aromatic N) is 1. The van der Waals surface area contributed by atoms with Crippen molar-refractivity contribution < 1.29 is 14.1 Å². The minimum absolute atomic E-state index is 0.00245. The summed E-state index contributed by atoms with van der Waals surface area (Å²) in [5, 5.41) is 6.69. The molecule has 1 N–H and O–H groups in total. The Morgan fingerprint density at radius 1 is 1.44 bits per heavy atom. The fraction of sp³-hybridized carbons (Fsp3) is 0.692. The molecule has 0 radical (unpaired) electrons. The second kappa shape index (κ2) is 6.42. The van der Waals surface area contributed by atoms with Crippen LogP contribution in [0.2, 0.25) is 0 Å². The molecule has 1 aromatic rings. The average molecular weight is 252 g/mol. The Morgan fingerprint density at radius 3 is 2.78 bits per heavy atom. The molecular formula is C13H20N2O3. The lowest BCUT2D eigenvalue weighted by Gasteiger charge is -2.15. The Labute approximate surface area is 107 Å². The van der Waals surface area contributed by atoms with Crippen molar-refractivity contribution in [2.75, 3.05) is 6.61 Å². The van der Waals surface area contributed by atoms with Crippen LogP contribution in [-0.4, -0.2) is 23.7 Å². The SMILES string of the molecule is Cc1cc(OCC(=O)NC2CCCCCC2)no1. The van der Waals surface area contributed by atoms with Crippen LogP contribution >= 0.6 is 0 Å². The van der Waals surface area contributed by atoms with Crippen molar-refractivity contribution in [1.82, 2.24) is 10.5 Å². The number of carbonyl (C=O) groups excluding carboxylic acids is 1. The Morgan fingerprint density at radius 2 is 2.17 bits per heavy atom. The van der Waals surface area contributed by atoms with Crippen LogP contribution in [0, 0.1) is 6.92 Å². The van der Waals surface area contributed by atoms with Crippen LogP contribution in [0.3, 0.4) is 0 Å². The zero-order chi connectivity index (χ0) is 12.8. The highest BCUT2D eigenvalue weighted by molar-refractivity contribution is 5.77. The molecule has 0 bridgehead atoms. The third kappa shape index (κ3) is 4.05. The minimum atomic E-state index is -0.0810. The third-order valence-electron chi connectivity index (χ3n) is 3.18. The van der Waals surface area contributed by atoms with Crippen LogP contribution in [0.15, 0.2) is 10.6 Å². The van der Waals surface area contributed by atoms with E-state index in [1.807, 2.05) is 0 Å². The lowest BCUT2D eigenvalue weighted by molar-refractivity contribution is -0.124. The smallest absolute Gasteiger partial charge is 0.258 e. The molecule has 1 heterocycles. The second-order valence-electron chi connectivity index (χ2n) is 4.82. The van der Waals surface area contributed by atoms with Gasteiger partial charge in [0.05, 0.1) is 0 Å². The normalized spacial score (nSPS) is 17.2. The van der Waals surface area contributed by atoms with Crippen molar-refractivity contribution in [3.63, 3.8) is 0 Å². The van der Waals surface area contributed by atoms with Gasteiger partial charge in [0.2, 0.25) is 0 Å². The molecule has 1 amide bonds. The summed E-state index contributed by atoms with van der Waals surface area (Å²) in [5.74, 6) is 0.959. The third-order valence-corrected chi connectivity index (χ3v) is 3.18. The molecule has 1 fully saturated rings. The Hall–Kier alpha value is -1.52. The van der Waals surface area contributed by atoms with E-state index in [9.17, 15) is 4.79 Å². The summed E-state index contributed by atoms with van der Waals surface area (Å²) in [5.41, 5.74) is 0. The summed E-state index contributed by atoms with van der Waals surface area (Å²) in [6.07, 6.45) is 7.12. The van der Waals surface area contributed by atoms with Crippen molar-refractivity contribution >= 4 is 5.91 Å². The number of carbonyl (C=O) groups is 1. The first-order chi connectivity index (χ1) is 8.74. The number of rotatable bonds is 4. The second-order valence-corrected chi connectivity index (χ2v) is 4.82. The van der Waals surface area contributed by atoms with Gasteiger partial charge < -0.3 is 14.6 Å². The van der Waals surface area contributed by atoms with Gasteiger partial charge in [-0.1, -0.05) is 25.7 Å². The summed E-state index contributed by atoms with van der Waals surface area (Å²) >= 11 is 0. The summed E-state index contributed by atoms with van der Waals surface area (Å²) in [6.45, 7) is 1.79. The monoisotopic (exact) mass is 252 g/mol. The maximum absolute atomic E-state index is 11.7. The molecule has 18 heavy (non-hydrogen) atoms. The lowest BCUT2D eigenvalue weighted by atomic mass is 10.1. The standard InChI is InChI=1S/C13H20N2O3/c1-10-8-13(15-18-10)17-9-12(16)14-11-6-4-2-3-5-7-11/h8,11H,2-7,9H2,1H3,(H,14,16). The molecule has 0 aliphatic heterocycles. The van der Waals surface area contributed by atoms with Crippen LogP contribution in [0.5, 0.6) is 5.88 Å². The van der Waals surface area contributed by atoms with Gasteiger partial charge in [0.15, 0.2) is 6.61 Å². The summed E-state index contributed by atoms with van der Waals surface area (Å²) < 4.78 is 10.1. The van der Waals surface area contributed by atoms with E-state index in [4.69, 9.17) is 9.26 Å². The highest BCUT2D eigenvalue weighted by atomic mass is 16.5. The number of ether oxygens (including phenoxy) is 1. The lowest BCUT2D eigenvalue weighted by Crippen LogP contribution is -2.37. The molecule has 0 atom stereocenters. The summed E-state index contributed by atoms with van der Waals surface area (Å²) in [4.78, 5) is 11.7. The topological polar surface area (TPSA) is 64.4 Å². The Kier molecular flexibility index (Phi) is 4.61. The van der Waals surface area contributed by atoms with E-state index in [-0.39, 0.29) is 12.5 Å². The number of aromatic nitrogens is 1. The largest absolute Gasteiger partial charge is 0.465 e. The molecule has 5 heteroatoms. The molecule has 5 nitrogen and oxygen atoms in total. The van der Waals surface area contributed by atoms with E-state index in [2.05, 4.69) is 10.5 Å². The first kappa shape index (κ1) is 12.9. The van der Waals surface area contributed by atoms with Gasteiger partial charge in [-0.25, -0.2) is 0 Å². The number of hydrogen-bond acceptors (Lipinski definition) is 4. The molecule has 0 unspecified atom stereocenters. The van der Waals surface area contributed by atoms with Crippen LogP contribution in [-0.2, 0) is 4.79 Å². The van der Waals surface area contributed by atoms with Gasteiger partial charge in [-0.15, -0.1) is 0 Å². The van der Waals surface area contributed by atoms with Crippen molar-refractivity contribution in [1.29, 1.82) is 0 Å². The van der Waals surface area contributed by atoms with Crippen molar-refractivity contribution in [3.05, 3.63) is 11.8 Å². The van der Waals surface area contributed by atoms with Crippen LogP contribution < -0.4 is 10.1 Å². The maximum Gasteiger partial charge on any atom is 0.258 e. The van der Waals surface area contributed by atoms with Gasteiger partial charge in [-0.05, 0) is 24.9 Å². The van der Waals surface area contributed by atoms with Gasteiger partial charge in [0, 0.05) is 12.1 Å². The average Bonchev–Trinajstić information content (AvgIpc) is 2.60. The van der Waals surface area contributed by atoms with Crippen molar-refractivity contribution in [2.45, 2.75) is 51.5 Å². The fourth-order valence-corrected chi connectivity index (χ4v) is 2.24. The number of nitrogens with one attached hydrogen (secondary N) is 1. The minimum Gasteiger partial charge on any atom is -0.465 e. The van der Waals surface area contributed by atoms with E-state index in [0.29, 0.717) is 17.7 Å². The van der Waals surface area contributed by atoms with Gasteiger partial charge >= 0.3 is 0 Å². The number of hydrogen-bond donors (Lipinski definition) is 1. The molecule has 1 aromatic heterocycles. The molecule has 1 aliphatic rings. The predicted octanol–water partition coefficient (Wildman–Crippen LogP) is 2.20. The van der Waals surface area contributed by atoms with Gasteiger partial charge in [0.25, 0.3) is 11.8 Å². The molecule has 2 rings (SSSR count). The molecule has 0 aromatic carbocycles. The molecule has 0 saturated heterocycles. The van der Waals surface area contributed by atoms with Gasteiger partial charge in [-0.2, -0.15) is 0 Å². The molecule has 1 saturated carbocycles. The Bertz CT molecular complexity index is 381. The predicted molar refractivity (Wildman–Crippen MR) is 66.4 cm³/mol. The summed E-state index contributed by atoms with van der Waals surface area (Å²) in [6, 6.07) is 1.97. The van der Waals surface area contributed by atoms with Crippen LogP contribution in [0.25, 0.3) is 0 Å². The van der Waals surface area contributed by atoms with E-state index >= 15 is 0 Å². The Balaban J connectivity index is 1.71. The van der Waals surface area contributed by atoms with Crippen LogP contribution in [0.4, 0.5) is 0 Å². The molecule has 1 aliphatic carbocycles. The maximum atomic E-state index is 11.7. The van der Waals surface area contributed by atoms with E-state index in [1.165, 1.54) is 25.7 Å². The van der Waals surface area contributed by atoms with Crippen molar-refractivity contribution in [2.24, 2.45) is 0 Å². The highest BCUT2D eigenvalue weighted by Crippen LogP contribution is 2.17. The van der Waals surface area contributed by atoms with Gasteiger partial charge in [0.1, 0.15) is 5.76 Å². The first-order valence-electron chi connectivity index (χ1n) is 6.59. The van der Waals surface area contributed by atoms with E-state index in [0.717, 1.165) is 12.8 Å². The highest BCUT2D eigenvalue weighted by Gasteiger charge is 2.15.